The first-order valence-electron chi connectivity index (χ1n) is 3.94. The summed E-state index contributed by atoms with van der Waals surface area (Å²) >= 11 is 0. The zero-order valence-corrected chi connectivity index (χ0v) is 7.10. The first-order valence-corrected chi connectivity index (χ1v) is 3.94. The predicted octanol–water partition coefficient (Wildman–Crippen LogP) is -0.193. The molecule has 68 valence electrons. The summed E-state index contributed by atoms with van der Waals surface area (Å²) < 4.78 is 6.79. The lowest BCUT2D eigenvalue weighted by Crippen LogP contribution is -1.99. The summed E-state index contributed by atoms with van der Waals surface area (Å²) in [6.45, 7) is 3.61. The van der Waals surface area contributed by atoms with Crippen molar-refractivity contribution in [2.24, 2.45) is 0 Å². The fraction of sp³-hybridized carbons (Fsp3) is 0.714. The average molecular weight is 171 g/mol. The topological polar surface area (TPSA) is 60.2 Å². The molecular weight excluding hydrogens is 158 g/mol. The molecule has 5 heteroatoms. The Morgan fingerprint density at radius 1 is 1.67 bits per heavy atom. The van der Waals surface area contributed by atoms with Crippen molar-refractivity contribution in [2.45, 2.75) is 20.1 Å². The van der Waals surface area contributed by atoms with Gasteiger partial charge in [0.2, 0.25) is 0 Å². The van der Waals surface area contributed by atoms with Crippen molar-refractivity contribution in [1.82, 2.24) is 15.0 Å². The molecule has 0 saturated carbocycles. The molecule has 0 aliphatic heterocycles. The molecule has 0 amide bonds. The highest BCUT2D eigenvalue weighted by Gasteiger charge is 1.98. The quantitative estimate of drug-likeness (QED) is 0.624. The third kappa shape index (κ3) is 2.60. The minimum atomic E-state index is 0.0436. The SMILES string of the molecule is CCn1cc(COCCO)nn1. The lowest BCUT2D eigenvalue weighted by Gasteiger charge is -1.96. The summed E-state index contributed by atoms with van der Waals surface area (Å²) in [5.74, 6) is 0. The number of aromatic nitrogens is 3. The van der Waals surface area contributed by atoms with Crippen molar-refractivity contribution in [3.63, 3.8) is 0 Å². The summed E-state index contributed by atoms with van der Waals surface area (Å²) in [6.07, 6.45) is 1.83. The molecule has 0 saturated heterocycles. The first-order chi connectivity index (χ1) is 5.86. The van der Waals surface area contributed by atoms with Crippen molar-refractivity contribution < 1.29 is 9.84 Å². The minimum Gasteiger partial charge on any atom is -0.394 e. The van der Waals surface area contributed by atoms with E-state index in [9.17, 15) is 0 Å². The second-order valence-electron chi connectivity index (χ2n) is 2.34. The summed E-state index contributed by atoms with van der Waals surface area (Å²) in [6, 6.07) is 0. The molecule has 1 aromatic rings. The van der Waals surface area contributed by atoms with Crippen LogP contribution in [0.5, 0.6) is 0 Å². The standard InChI is InChI=1S/C7H13N3O2/c1-2-10-5-7(8-9-10)6-12-4-3-11/h5,11H,2-4,6H2,1H3. The number of hydrogen-bond donors (Lipinski definition) is 1. The van der Waals surface area contributed by atoms with Crippen molar-refractivity contribution in [1.29, 1.82) is 0 Å². The fourth-order valence-electron chi connectivity index (χ4n) is 0.800. The van der Waals surface area contributed by atoms with Crippen LogP contribution in [-0.2, 0) is 17.9 Å². The average Bonchev–Trinajstić information content (AvgIpc) is 2.53. The van der Waals surface area contributed by atoms with E-state index >= 15 is 0 Å². The number of ether oxygens (including phenoxy) is 1. The van der Waals surface area contributed by atoms with E-state index in [0.717, 1.165) is 12.2 Å². The van der Waals surface area contributed by atoms with Gasteiger partial charge in [0.25, 0.3) is 0 Å². The molecule has 0 spiro atoms. The zero-order valence-electron chi connectivity index (χ0n) is 7.10. The summed E-state index contributed by atoms with van der Waals surface area (Å²) in [4.78, 5) is 0. The van der Waals surface area contributed by atoms with Crippen LogP contribution in [0.4, 0.5) is 0 Å². The molecule has 0 aromatic carbocycles. The van der Waals surface area contributed by atoms with Gasteiger partial charge in [-0.3, -0.25) is 4.68 Å². The lowest BCUT2D eigenvalue weighted by molar-refractivity contribution is 0.0796. The molecule has 0 aliphatic rings. The van der Waals surface area contributed by atoms with Crippen LogP contribution in [0.15, 0.2) is 6.20 Å². The van der Waals surface area contributed by atoms with Crippen molar-refractivity contribution in [2.75, 3.05) is 13.2 Å². The van der Waals surface area contributed by atoms with E-state index < -0.39 is 0 Å². The second kappa shape index (κ2) is 4.84. The molecule has 0 bridgehead atoms. The van der Waals surface area contributed by atoms with E-state index in [2.05, 4.69) is 10.3 Å². The van der Waals surface area contributed by atoms with Gasteiger partial charge in [0.15, 0.2) is 0 Å². The van der Waals surface area contributed by atoms with Gasteiger partial charge in [-0.25, -0.2) is 0 Å². The van der Waals surface area contributed by atoms with Crippen molar-refractivity contribution >= 4 is 0 Å². The van der Waals surface area contributed by atoms with Gasteiger partial charge in [0.1, 0.15) is 5.69 Å². The van der Waals surface area contributed by atoms with Crippen LogP contribution >= 0.6 is 0 Å². The summed E-state index contributed by atoms with van der Waals surface area (Å²) in [5.41, 5.74) is 0.797. The third-order valence-electron chi connectivity index (χ3n) is 1.40. The number of aryl methyl sites for hydroxylation is 1. The Hall–Kier alpha value is -0.940. The molecule has 1 rings (SSSR count). The second-order valence-corrected chi connectivity index (χ2v) is 2.34. The van der Waals surface area contributed by atoms with Gasteiger partial charge in [0.05, 0.1) is 26.0 Å². The molecular formula is C7H13N3O2. The molecule has 12 heavy (non-hydrogen) atoms. The van der Waals surface area contributed by atoms with Gasteiger partial charge in [-0.1, -0.05) is 5.21 Å². The Morgan fingerprint density at radius 3 is 3.08 bits per heavy atom. The smallest absolute Gasteiger partial charge is 0.108 e. The Morgan fingerprint density at radius 2 is 2.50 bits per heavy atom. The van der Waals surface area contributed by atoms with Crippen LogP contribution in [0, 0.1) is 0 Å². The highest BCUT2D eigenvalue weighted by Crippen LogP contribution is 1.94. The largest absolute Gasteiger partial charge is 0.394 e. The molecule has 0 atom stereocenters. The molecule has 5 nitrogen and oxygen atoms in total. The lowest BCUT2D eigenvalue weighted by atomic mass is 10.5. The molecule has 0 aliphatic carbocycles. The maximum Gasteiger partial charge on any atom is 0.108 e. The minimum absolute atomic E-state index is 0.0436. The van der Waals surface area contributed by atoms with E-state index in [4.69, 9.17) is 9.84 Å². The Kier molecular flexibility index (Phi) is 3.69. The zero-order chi connectivity index (χ0) is 8.81. The van der Waals surface area contributed by atoms with E-state index in [-0.39, 0.29) is 6.61 Å². The number of hydrogen-bond acceptors (Lipinski definition) is 4. The van der Waals surface area contributed by atoms with Crippen LogP contribution in [-0.4, -0.2) is 33.3 Å². The number of aliphatic hydroxyl groups excluding tert-OH is 1. The van der Waals surface area contributed by atoms with E-state index in [0.29, 0.717) is 13.2 Å². The Labute approximate surface area is 71.0 Å². The van der Waals surface area contributed by atoms with Crippen LogP contribution in [0.3, 0.4) is 0 Å². The molecule has 0 unspecified atom stereocenters. The van der Waals surface area contributed by atoms with Gasteiger partial charge in [-0.05, 0) is 6.92 Å². The third-order valence-corrected chi connectivity index (χ3v) is 1.40. The molecule has 1 heterocycles. The van der Waals surface area contributed by atoms with Gasteiger partial charge >= 0.3 is 0 Å². The van der Waals surface area contributed by atoms with Crippen LogP contribution < -0.4 is 0 Å². The molecule has 0 fully saturated rings. The van der Waals surface area contributed by atoms with E-state index in [1.54, 1.807) is 4.68 Å². The Bertz CT molecular complexity index is 224. The summed E-state index contributed by atoms with van der Waals surface area (Å²) in [7, 11) is 0. The van der Waals surface area contributed by atoms with Crippen LogP contribution in [0.2, 0.25) is 0 Å². The maximum absolute atomic E-state index is 8.43. The van der Waals surface area contributed by atoms with E-state index in [1.165, 1.54) is 0 Å². The van der Waals surface area contributed by atoms with E-state index in [1.807, 2.05) is 13.1 Å². The molecule has 1 aromatic heterocycles. The number of rotatable bonds is 5. The predicted molar refractivity (Wildman–Crippen MR) is 42.4 cm³/mol. The van der Waals surface area contributed by atoms with Crippen molar-refractivity contribution in [3.05, 3.63) is 11.9 Å². The van der Waals surface area contributed by atoms with Crippen molar-refractivity contribution in [3.8, 4) is 0 Å². The maximum atomic E-state index is 8.43. The van der Waals surface area contributed by atoms with Gasteiger partial charge in [0, 0.05) is 6.54 Å². The highest BCUT2D eigenvalue weighted by atomic mass is 16.5. The summed E-state index contributed by atoms with van der Waals surface area (Å²) in [5, 5.41) is 16.1. The number of aliphatic hydroxyl groups is 1. The van der Waals surface area contributed by atoms with Crippen LogP contribution in [0.25, 0.3) is 0 Å². The van der Waals surface area contributed by atoms with Gasteiger partial charge in [-0.15, -0.1) is 5.10 Å². The first kappa shape index (κ1) is 9.15. The normalized spacial score (nSPS) is 10.5. The molecule has 0 radical (unpaired) electrons. The van der Waals surface area contributed by atoms with Gasteiger partial charge in [-0.2, -0.15) is 0 Å². The fourth-order valence-corrected chi connectivity index (χ4v) is 0.800. The van der Waals surface area contributed by atoms with Gasteiger partial charge < -0.3 is 9.84 Å². The monoisotopic (exact) mass is 171 g/mol. The van der Waals surface area contributed by atoms with Crippen LogP contribution in [0.1, 0.15) is 12.6 Å². The number of nitrogens with zero attached hydrogens (tertiary/aromatic N) is 3. The Balaban J connectivity index is 2.31. The molecule has 1 N–H and O–H groups in total. The highest BCUT2D eigenvalue weighted by molar-refractivity contribution is 4.89.